The number of nitrogens with one attached hydrogen (secondary N) is 1. The predicted molar refractivity (Wildman–Crippen MR) is 64.1 cm³/mol. The van der Waals surface area contributed by atoms with Crippen LogP contribution in [0.3, 0.4) is 0 Å². The first-order valence-electron chi connectivity index (χ1n) is 6.08. The Kier molecular flexibility index (Phi) is 5.39. The second-order valence-electron chi connectivity index (χ2n) is 4.85. The van der Waals surface area contributed by atoms with E-state index in [1.165, 1.54) is 0 Å². The fourth-order valence-electron chi connectivity index (χ4n) is 2.06. The van der Waals surface area contributed by atoms with Gasteiger partial charge in [-0.1, -0.05) is 0 Å². The molecule has 0 aliphatic carbocycles. The van der Waals surface area contributed by atoms with Crippen LogP contribution < -0.4 is 4.72 Å². The maximum Gasteiger partial charge on any atom is 0.390 e. The van der Waals surface area contributed by atoms with E-state index in [-0.39, 0.29) is 25.9 Å². The summed E-state index contributed by atoms with van der Waals surface area (Å²) in [5.41, 5.74) is 0. The molecule has 0 amide bonds. The number of hydrogen-bond acceptors (Lipinski definition) is 3. The number of carboxylic acids is 1. The number of halogens is 3. The van der Waals surface area contributed by atoms with Crippen LogP contribution in [0.25, 0.3) is 0 Å². The molecule has 0 aromatic rings. The van der Waals surface area contributed by atoms with Gasteiger partial charge in [0, 0.05) is 19.1 Å². The Balaban J connectivity index is 2.56. The van der Waals surface area contributed by atoms with Crippen LogP contribution in [-0.2, 0) is 15.0 Å². The van der Waals surface area contributed by atoms with Gasteiger partial charge in [0.05, 0.1) is 12.3 Å². The van der Waals surface area contributed by atoms with Crippen molar-refractivity contribution in [3.8, 4) is 0 Å². The standard InChI is InChI=1S/C10H17F3N2O4S/c1-7(6-10(11,12)13)14-20(18,19)15-4-2-8(3-5-15)9(16)17/h7-8,14H,2-6H2,1H3,(H,16,17). The summed E-state index contributed by atoms with van der Waals surface area (Å²) in [7, 11) is -4.01. The average Bonchev–Trinajstić information content (AvgIpc) is 2.25. The summed E-state index contributed by atoms with van der Waals surface area (Å²) in [6.07, 6.45) is -5.39. The van der Waals surface area contributed by atoms with Gasteiger partial charge in [-0.25, -0.2) is 0 Å². The fraction of sp³-hybridized carbons (Fsp3) is 0.900. The molecule has 1 aliphatic rings. The normalized spacial score (nSPS) is 20.8. The average molecular weight is 318 g/mol. The van der Waals surface area contributed by atoms with Gasteiger partial charge in [0.1, 0.15) is 0 Å². The molecular formula is C10H17F3N2O4S. The lowest BCUT2D eigenvalue weighted by atomic mass is 9.99. The van der Waals surface area contributed by atoms with Crippen LogP contribution in [0, 0.1) is 5.92 Å². The highest BCUT2D eigenvalue weighted by Gasteiger charge is 2.35. The Bertz CT molecular complexity index is 444. The van der Waals surface area contributed by atoms with Crippen molar-refractivity contribution in [2.45, 2.75) is 38.4 Å². The van der Waals surface area contributed by atoms with Crippen LogP contribution in [0.4, 0.5) is 13.2 Å². The molecule has 20 heavy (non-hydrogen) atoms. The summed E-state index contributed by atoms with van der Waals surface area (Å²) in [5, 5.41) is 8.79. The van der Waals surface area contributed by atoms with Crippen molar-refractivity contribution >= 4 is 16.2 Å². The van der Waals surface area contributed by atoms with E-state index in [1.807, 2.05) is 4.72 Å². The molecule has 10 heteroatoms. The molecular weight excluding hydrogens is 301 g/mol. The van der Waals surface area contributed by atoms with Gasteiger partial charge in [0.2, 0.25) is 0 Å². The number of hydrogen-bond donors (Lipinski definition) is 2. The number of nitrogens with zero attached hydrogens (tertiary/aromatic N) is 1. The van der Waals surface area contributed by atoms with Crippen LogP contribution in [0.1, 0.15) is 26.2 Å². The Morgan fingerprint density at radius 3 is 2.30 bits per heavy atom. The SMILES string of the molecule is CC(CC(F)(F)F)NS(=O)(=O)N1CCC(C(=O)O)CC1. The number of rotatable bonds is 5. The van der Waals surface area contributed by atoms with E-state index in [0.717, 1.165) is 11.2 Å². The van der Waals surface area contributed by atoms with Gasteiger partial charge in [-0.3, -0.25) is 4.79 Å². The van der Waals surface area contributed by atoms with E-state index in [1.54, 1.807) is 0 Å². The number of alkyl halides is 3. The molecule has 6 nitrogen and oxygen atoms in total. The Morgan fingerprint density at radius 2 is 1.90 bits per heavy atom. The fourth-order valence-corrected chi connectivity index (χ4v) is 3.49. The molecule has 1 heterocycles. The lowest BCUT2D eigenvalue weighted by Crippen LogP contribution is -2.49. The molecule has 1 saturated heterocycles. The largest absolute Gasteiger partial charge is 0.481 e. The van der Waals surface area contributed by atoms with Crippen molar-refractivity contribution in [1.29, 1.82) is 0 Å². The highest BCUT2D eigenvalue weighted by atomic mass is 32.2. The van der Waals surface area contributed by atoms with E-state index in [0.29, 0.717) is 0 Å². The molecule has 0 aromatic heterocycles. The van der Waals surface area contributed by atoms with E-state index in [9.17, 15) is 26.4 Å². The third kappa shape index (κ3) is 5.25. The van der Waals surface area contributed by atoms with Crippen LogP contribution in [0.5, 0.6) is 0 Å². The van der Waals surface area contributed by atoms with Crippen LogP contribution in [-0.4, -0.2) is 49.1 Å². The zero-order chi connectivity index (χ0) is 15.6. The highest BCUT2D eigenvalue weighted by Crippen LogP contribution is 2.23. The van der Waals surface area contributed by atoms with Gasteiger partial charge >= 0.3 is 12.1 Å². The van der Waals surface area contributed by atoms with Crippen molar-refractivity contribution < 1.29 is 31.5 Å². The van der Waals surface area contributed by atoms with E-state index in [2.05, 4.69) is 0 Å². The van der Waals surface area contributed by atoms with Crippen LogP contribution in [0.15, 0.2) is 0 Å². The van der Waals surface area contributed by atoms with E-state index < -0.39 is 40.7 Å². The second-order valence-corrected chi connectivity index (χ2v) is 6.56. The molecule has 2 N–H and O–H groups in total. The van der Waals surface area contributed by atoms with Crippen molar-refractivity contribution in [1.82, 2.24) is 9.03 Å². The van der Waals surface area contributed by atoms with Crippen molar-refractivity contribution in [3.05, 3.63) is 0 Å². The predicted octanol–water partition coefficient (Wildman–Crippen LogP) is 0.958. The second kappa shape index (κ2) is 6.27. The molecule has 1 atom stereocenters. The van der Waals surface area contributed by atoms with Crippen LogP contribution in [0.2, 0.25) is 0 Å². The lowest BCUT2D eigenvalue weighted by molar-refractivity contribution is -0.143. The number of aliphatic carboxylic acids is 1. The van der Waals surface area contributed by atoms with Crippen molar-refractivity contribution in [3.63, 3.8) is 0 Å². The van der Waals surface area contributed by atoms with Gasteiger partial charge in [-0.15, -0.1) is 0 Å². The van der Waals surface area contributed by atoms with Crippen molar-refractivity contribution in [2.75, 3.05) is 13.1 Å². The van der Waals surface area contributed by atoms with Crippen LogP contribution >= 0.6 is 0 Å². The third-order valence-corrected chi connectivity index (χ3v) is 4.78. The maximum absolute atomic E-state index is 12.1. The zero-order valence-corrected chi connectivity index (χ0v) is 11.7. The molecule has 0 bridgehead atoms. The Labute approximate surface area is 115 Å². The summed E-state index contributed by atoms with van der Waals surface area (Å²) < 4.78 is 63.1. The Hall–Kier alpha value is -0.870. The summed E-state index contributed by atoms with van der Waals surface area (Å²) in [4.78, 5) is 10.7. The minimum atomic E-state index is -4.45. The first-order valence-corrected chi connectivity index (χ1v) is 7.52. The molecule has 0 aromatic carbocycles. The molecule has 118 valence electrons. The van der Waals surface area contributed by atoms with Gasteiger partial charge < -0.3 is 5.11 Å². The molecule has 0 radical (unpaired) electrons. The van der Waals surface area contributed by atoms with E-state index >= 15 is 0 Å². The monoisotopic (exact) mass is 318 g/mol. The summed E-state index contributed by atoms with van der Waals surface area (Å²) >= 11 is 0. The quantitative estimate of drug-likeness (QED) is 0.790. The van der Waals surface area contributed by atoms with Gasteiger partial charge in [-0.2, -0.15) is 30.6 Å². The topological polar surface area (TPSA) is 86.7 Å². The molecule has 0 saturated carbocycles. The molecule has 1 unspecified atom stereocenters. The summed E-state index contributed by atoms with van der Waals surface area (Å²) in [6.45, 7) is 1.12. The molecule has 0 spiro atoms. The first-order chi connectivity index (χ1) is 9.01. The third-order valence-electron chi connectivity index (χ3n) is 3.03. The van der Waals surface area contributed by atoms with Crippen molar-refractivity contribution in [2.24, 2.45) is 5.92 Å². The smallest absolute Gasteiger partial charge is 0.390 e. The number of carboxylic acid groups (broad SMARTS) is 1. The van der Waals surface area contributed by atoms with Gasteiger partial charge in [-0.05, 0) is 19.8 Å². The highest BCUT2D eigenvalue weighted by molar-refractivity contribution is 7.87. The summed E-state index contributed by atoms with van der Waals surface area (Å²) in [5.74, 6) is -1.59. The Morgan fingerprint density at radius 1 is 1.40 bits per heavy atom. The van der Waals surface area contributed by atoms with Gasteiger partial charge in [0.15, 0.2) is 0 Å². The maximum atomic E-state index is 12.1. The number of piperidine rings is 1. The molecule has 1 rings (SSSR count). The minimum Gasteiger partial charge on any atom is -0.481 e. The van der Waals surface area contributed by atoms with Gasteiger partial charge in [0.25, 0.3) is 10.2 Å². The first kappa shape index (κ1) is 17.2. The summed E-state index contributed by atoms with van der Waals surface area (Å²) in [6, 6.07) is -1.27. The number of carbonyl (C=O) groups is 1. The minimum absolute atomic E-state index is 0.00889. The van der Waals surface area contributed by atoms with E-state index in [4.69, 9.17) is 5.11 Å². The molecule has 1 fully saturated rings. The lowest BCUT2D eigenvalue weighted by Gasteiger charge is -2.30. The zero-order valence-electron chi connectivity index (χ0n) is 10.9. The molecule has 1 aliphatic heterocycles.